The second kappa shape index (κ2) is 7.35. The molecule has 1 amide bonds. The number of hydrogen-bond acceptors (Lipinski definition) is 3. The summed E-state index contributed by atoms with van der Waals surface area (Å²) in [6.45, 7) is 2.73. The van der Waals surface area contributed by atoms with E-state index in [0.29, 0.717) is 18.5 Å². The monoisotopic (exact) mass is 316 g/mol. The molecule has 1 aromatic rings. The minimum Gasteiger partial charge on any atom is -0.496 e. The van der Waals surface area contributed by atoms with E-state index < -0.39 is 0 Å². The average molecular weight is 316 g/mol. The van der Waals surface area contributed by atoms with Crippen LogP contribution in [0.5, 0.6) is 5.75 Å². The molecule has 0 aromatic heterocycles. The van der Waals surface area contributed by atoms with E-state index in [1.54, 1.807) is 7.11 Å². The number of carbonyl (C=O) groups excluding carboxylic acids is 1. The van der Waals surface area contributed by atoms with Crippen LogP contribution in [0.3, 0.4) is 0 Å². The van der Waals surface area contributed by atoms with Gasteiger partial charge in [0.2, 0.25) is 5.91 Å². The van der Waals surface area contributed by atoms with Crippen molar-refractivity contribution < 1.29 is 9.53 Å². The molecule has 1 saturated carbocycles. The zero-order chi connectivity index (χ0) is 16.2. The molecule has 1 aliphatic heterocycles. The van der Waals surface area contributed by atoms with E-state index in [4.69, 9.17) is 4.74 Å². The van der Waals surface area contributed by atoms with E-state index in [1.165, 1.54) is 31.2 Å². The SMILES string of the molecule is COc1ccc(C)cc1CCNC(=O)C1CC2CCCCC2N1. The molecule has 3 unspecified atom stereocenters. The molecule has 4 heteroatoms. The summed E-state index contributed by atoms with van der Waals surface area (Å²) in [4.78, 5) is 12.4. The Morgan fingerprint density at radius 3 is 2.96 bits per heavy atom. The maximum Gasteiger partial charge on any atom is 0.237 e. The van der Waals surface area contributed by atoms with Crippen LogP contribution < -0.4 is 15.4 Å². The first-order valence-electron chi connectivity index (χ1n) is 8.84. The third-order valence-electron chi connectivity index (χ3n) is 5.31. The quantitative estimate of drug-likeness (QED) is 0.878. The van der Waals surface area contributed by atoms with Gasteiger partial charge >= 0.3 is 0 Å². The van der Waals surface area contributed by atoms with E-state index >= 15 is 0 Å². The smallest absolute Gasteiger partial charge is 0.237 e. The molecule has 2 N–H and O–H groups in total. The summed E-state index contributed by atoms with van der Waals surface area (Å²) < 4.78 is 5.40. The van der Waals surface area contributed by atoms with Crippen molar-refractivity contribution in [3.8, 4) is 5.75 Å². The lowest BCUT2D eigenvalue weighted by Gasteiger charge is -2.24. The highest BCUT2D eigenvalue weighted by Crippen LogP contribution is 2.33. The van der Waals surface area contributed by atoms with Crippen molar-refractivity contribution in [2.45, 2.75) is 57.5 Å². The van der Waals surface area contributed by atoms with Crippen molar-refractivity contribution in [2.24, 2.45) is 5.92 Å². The minimum atomic E-state index is 0.00232. The lowest BCUT2D eigenvalue weighted by Crippen LogP contribution is -2.43. The van der Waals surface area contributed by atoms with Crippen LogP contribution in [0, 0.1) is 12.8 Å². The molecule has 3 rings (SSSR count). The van der Waals surface area contributed by atoms with Crippen LogP contribution in [-0.2, 0) is 11.2 Å². The second-order valence-electron chi connectivity index (χ2n) is 6.96. The van der Waals surface area contributed by atoms with Crippen LogP contribution in [0.1, 0.15) is 43.2 Å². The molecule has 2 aliphatic rings. The number of carbonyl (C=O) groups is 1. The topological polar surface area (TPSA) is 50.4 Å². The molecule has 1 aliphatic carbocycles. The Morgan fingerprint density at radius 1 is 1.35 bits per heavy atom. The van der Waals surface area contributed by atoms with Crippen molar-refractivity contribution in [3.63, 3.8) is 0 Å². The lowest BCUT2D eigenvalue weighted by atomic mass is 9.85. The predicted octanol–water partition coefficient (Wildman–Crippen LogP) is 2.58. The molecule has 126 valence electrons. The maximum absolute atomic E-state index is 12.4. The van der Waals surface area contributed by atoms with Gasteiger partial charge in [-0.15, -0.1) is 0 Å². The van der Waals surface area contributed by atoms with Gasteiger partial charge in [0.05, 0.1) is 13.2 Å². The number of amides is 1. The van der Waals surface area contributed by atoms with Gasteiger partial charge in [-0.1, -0.05) is 30.5 Å². The number of rotatable bonds is 5. The van der Waals surface area contributed by atoms with Gasteiger partial charge in [0.25, 0.3) is 0 Å². The zero-order valence-corrected chi connectivity index (χ0v) is 14.2. The fraction of sp³-hybridized carbons (Fsp3) is 0.632. The van der Waals surface area contributed by atoms with Crippen molar-refractivity contribution in [1.29, 1.82) is 0 Å². The third-order valence-corrected chi connectivity index (χ3v) is 5.31. The van der Waals surface area contributed by atoms with Gasteiger partial charge in [0.15, 0.2) is 0 Å². The first-order valence-corrected chi connectivity index (χ1v) is 8.84. The first kappa shape index (κ1) is 16.3. The maximum atomic E-state index is 12.4. The highest BCUT2D eigenvalue weighted by Gasteiger charge is 2.37. The van der Waals surface area contributed by atoms with E-state index in [1.807, 2.05) is 12.1 Å². The van der Waals surface area contributed by atoms with Crippen molar-refractivity contribution in [3.05, 3.63) is 29.3 Å². The number of aryl methyl sites for hydroxylation is 1. The Balaban J connectivity index is 1.49. The van der Waals surface area contributed by atoms with Gasteiger partial charge in [-0.25, -0.2) is 0 Å². The molecule has 0 bridgehead atoms. The summed E-state index contributed by atoms with van der Waals surface area (Å²) in [5, 5.41) is 6.63. The molecule has 23 heavy (non-hydrogen) atoms. The van der Waals surface area contributed by atoms with Gasteiger partial charge in [-0.3, -0.25) is 4.79 Å². The van der Waals surface area contributed by atoms with E-state index in [0.717, 1.165) is 24.2 Å². The van der Waals surface area contributed by atoms with Crippen LogP contribution in [-0.4, -0.2) is 31.6 Å². The van der Waals surface area contributed by atoms with Gasteiger partial charge in [-0.05, 0) is 50.2 Å². The van der Waals surface area contributed by atoms with E-state index in [-0.39, 0.29) is 11.9 Å². The molecule has 4 nitrogen and oxygen atoms in total. The zero-order valence-electron chi connectivity index (χ0n) is 14.2. The summed E-state index contributed by atoms with van der Waals surface area (Å²) in [6.07, 6.45) is 6.94. The fourth-order valence-corrected chi connectivity index (χ4v) is 4.07. The van der Waals surface area contributed by atoms with Crippen LogP contribution in [0.4, 0.5) is 0 Å². The Bertz CT molecular complexity index is 544. The van der Waals surface area contributed by atoms with Gasteiger partial charge in [0.1, 0.15) is 5.75 Å². The largest absolute Gasteiger partial charge is 0.496 e. The molecule has 0 spiro atoms. The second-order valence-corrected chi connectivity index (χ2v) is 6.96. The van der Waals surface area contributed by atoms with Crippen molar-refractivity contribution in [1.82, 2.24) is 10.6 Å². The standard InChI is InChI=1S/C19H28N2O2/c1-13-7-8-18(23-2)15(11-13)9-10-20-19(22)17-12-14-5-3-4-6-16(14)21-17/h7-8,11,14,16-17,21H,3-6,9-10,12H2,1-2H3,(H,20,22). The number of fused-ring (bicyclic) bond motifs is 1. The summed E-state index contributed by atoms with van der Waals surface area (Å²) in [5.41, 5.74) is 2.37. The first-order chi connectivity index (χ1) is 11.2. The Labute approximate surface area is 139 Å². The average Bonchev–Trinajstić information content (AvgIpc) is 2.99. The number of benzene rings is 1. The van der Waals surface area contributed by atoms with Crippen LogP contribution in [0.15, 0.2) is 18.2 Å². The molecular formula is C19H28N2O2. The van der Waals surface area contributed by atoms with Crippen molar-refractivity contribution in [2.75, 3.05) is 13.7 Å². The van der Waals surface area contributed by atoms with Crippen LogP contribution >= 0.6 is 0 Å². The molecular weight excluding hydrogens is 288 g/mol. The van der Waals surface area contributed by atoms with E-state index in [9.17, 15) is 4.79 Å². The Kier molecular flexibility index (Phi) is 5.21. The molecule has 2 fully saturated rings. The number of methoxy groups -OCH3 is 1. The number of ether oxygens (including phenoxy) is 1. The minimum absolute atomic E-state index is 0.00232. The van der Waals surface area contributed by atoms with Crippen LogP contribution in [0.25, 0.3) is 0 Å². The summed E-state index contributed by atoms with van der Waals surface area (Å²) >= 11 is 0. The summed E-state index contributed by atoms with van der Waals surface area (Å²) in [7, 11) is 1.69. The van der Waals surface area contributed by atoms with Gasteiger partial charge < -0.3 is 15.4 Å². The van der Waals surface area contributed by atoms with E-state index in [2.05, 4.69) is 23.6 Å². The molecule has 1 saturated heterocycles. The third kappa shape index (κ3) is 3.86. The predicted molar refractivity (Wildman–Crippen MR) is 91.7 cm³/mol. The normalized spacial score (nSPS) is 26.6. The highest BCUT2D eigenvalue weighted by atomic mass is 16.5. The number of hydrogen-bond donors (Lipinski definition) is 2. The lowest BCUT2D eigenvalue weighted by molar-refractivity contribution is -0.122. The fourth-order valence-electron chi connectivity index (χ4n) is 4.07. The molecule has 1 aromatic carbocycles. The summed E-state index contributed by atoms with van der Waals surface area (Å²) in [5.74, 6) is 1.76. The molecule has 1 heterocycles. The number of nitrogens with one attached hydrogen (secondary N) is 2. The van der Waals surface area contributed by atoms with Gasteiger partial charge in [-0.2, -0.15) is 0 Å². The highest BCUT2D eigenvalue weighted by molar-refractivity contribution is 5.82. The van der Waals surface area contributed by atoms with Crippen LogP contribution in [0.2, 0.25) is 0 Å². The van der Waals surface area contributed by atoms with Gasteiger partial charge in [0, 0.05) is 12.6 Å². The van der Waals surface area contributed by atoms with Crippen molar-refractivity contribution >= 4 is 5.91 Å². The summed E-state index contributed by atoms with van der Waals surface area (Å²) in [6, 6.07) is 6.74. The Hall–Kier alpha value is -1.55. The molecule has 0 radical (unpaired) electrons. The molecule has 3 atom stereocenters. The Morgan fingerprint density at radius 2 is 2.17 bits per heavy atom.